The van der Waals surface area contributed by atoms with E-state index in [0.717, 1.165) is 16.8 Å². The minimum Gasteiger partial charge on any atom is -0.365 e. The number of fused-ring (bicyclic) bond motifs is 1. The van der Waals surface area contributed by atoms with Crippen LogP contribution in [-0.4, -0.2) is 23.7 Å². The summed E-state index contributed by atoms with van der Waals surface area (Å²) in [7, 11) is 2.13. The molecule has 2 aromatic carbocycles. The molecule has 0 saturated carbocycles. The Labute approximate surface area is 182 Å². The van der Waals surface area contributed by atoms with E-state index in [0.29, 0.717) is 10.1 Å². The molecular formula is C25H27N3OS. The molecule has 1 N–H and O–H groups in total. The molecule has 4 nitrogen and oxygen atoms in total. The zero-order valence-electron chi connectivity index (χ0n) is 18.3. The number of rotatable bonds is 2. The van der Waals surface area contributed by atoms with E-state index in [1.807, 2.05) is 37.3 Å². The van der Waals surface area contributed by atoms with Crippen LogP contribution in [0.1, 0.15) is 43.0 Å². The van der Waals surface area contributed by atoms with Crippen molar-refractivity contribution in [3.63, 3.8) is 0 Å². The maximum Gasteiger partial charge on any atom is 0.264 e. The highest BCUT2D eigenvalue weighted by Crippen LogP contribution is 2.40. The van der Waals surface area contributed by atoms with Crippen molar-refractivity contribution in [3.05, 3.63) is 69.6 Å². The maximum absolute atomic E-state index is 12.5. The number of carbonyl (C=O) groups is 1. The molecule has 2 heterocycles. The lowest BCUT2D eigenvalue weighted by atomic mass is 9.87. The minimum absolute atomic E-state index is 0.0218. The summed E-state index contributed by atoms with van der Waals surface area (Å²) >= 11 is 1.39. The van der Waals surface area contributed by atoms with Gasteiger partial charge in [0.2, 0.25) is 0 Å². The second-order valence-corrected chi connectivity index (χ2v) is 9.61. The largest absolute Gasteiger partial charge is 0.365 e. The molecule has 1 saturated heterocycles. The maximum atomic E-state index is 12.5. The summed E-state index contributed by atoms with van der Waals surface area (Å²) in [5.41, 5.74) is 7.91. The molecule has 0 aromatic heterocycles. The average Bonchev–Trinajstić information content (AvgIpc) is 3.01. The Bertz CT molecular complexity index is 1120. The predicted molar refractivity (Wildman–Crippen MR) is 129 cm³/mol. The van der Waals surface area contributed by atoms with Crippen molar-refractivity contribution in [3.8, 4) is 0 Å². The molecule has 0 aliphatic carbocycles. The number of amidine groups is 1. The second kappa shape index (κ2) is 7.47. The van der Waals surface area contributed by atoms with Gasteiger partial charge >= 0.3 is 0 Å². The van der Waals surface area contributed by atoms with Crippen LogP contribution in [0, 0.1) is 13.8 Å². The Balaban J connectivity index is 1.66. The molecular weight excluding hydrogens is 390 g/mol. The fourth-order valence-corrected chi connectivity index (χ4v) is 4.66. The van der Waals surface area contributed by atoms with E-state index in [-0.39, 0.29) is 11.4 Å². The third kappa shape index (κ3) is 3.82. The van der Waals surface area contributed by atoms with Gasteiger partial charge in [0.25, 0.3) is 5.91 Å². The van der Waals surface area contributed by atoms with E-state index < -0.39 is 0 Å². The summed E-state index contributed by atoms with van der Waals surface area (Å²) in [6.07, 6.45) is 4.27. The van der Waals surface area contributed by atoms with E-state index in [4.69, 9.17) is 0 Å². The molecule has 2 aromatic rings. The van der Waals surface area contributed by atoms with Crippen molar-refractivity contribution in [1.82, 2.24) is 5.32 Å². The number of likely N-dealkylation sites (N-methyl/N-ethyl adjacent to an activating group) is 1. The Hall–Kier alpha value is -2.79. The number of hydrogen-bond acceptors (Lipinski definition) is 4. The molecule has 0 radical (unpaired) electrons. The van der Waals surface area contributed by atoms with E-state index in [1.165, 1.54) is 34.1 Å². The Morgan fingerprint density at radius 2 is 1.80 bits per heavy atom. The van der Waals surface area contributed by atoms with Crippen molar-refractivity contribution in [2.24, 2.45) is 4.99 Å². The fraction of sp³-hybridized carbons (Fsp3) is 0.280. The van der Waals surface area contributed by atoms with E-state index in [2.05, 4.69) is 68.2 Å². The molecule has 5 heteroatoms. The van der Waals surface area contributed by atoms with Crippen LogP contribution in [0.5, 0.6) is 0 Å². The molecule has 0 spiro atoms. The van der Waals surface area contributed by atoms with Gasteiger partial charge in [-0.2, -0.15) is 0 Å². The average molecular weight is 418 g/mol. The van der Waals surface area contributed by atoms with Crippen LogP contribution in [0.25, 0.3) is 11.6 Å². The number of amides is 1. The van der Waals surface area contributed by atoms with Gasteiger partial charge < -0.3 is 10.2 Å². The molecule has 0 atom stereocenters. The van der Waals surface area contributed by atoms with Crippen LogP contribution in [0.15, 0.2) is 52.4 Å². The number of allylic oxidation sites excluding steroid dienone is 1. The quantitative estimate of drug-likeness (QED) is 0.626. The van der Waals surface area contributed by atoms with Crippen molar-refractivity contribution in [2.45, 2.75) is 40.2 Å². The summed E-state index contributed by atoms with van der Waals surface area (Å²) in [5.74, 6) is -0.103. The van der Waals surface area contributed by atoms with Gasteiger partial charge in [-0.25, -0.2) is 4.99 Å². The summed E-state index contributed by atoms with van der Waals surface area (Å²) in [6.45, 7) is 10.7. The first-order chi connectivity index (χ1) is 14.1. The van der Waals surface area contributed by atoms with E-state index in [1.54, 1.807) is 0 Å². The van der Waals surface area contributed by atoms with Crippen LogP contribution < -0.4 is 10.2 Å². The number of carbonyl (C=O) groups excluding carboxylic acids is 1. The molecule has 154 valence electrons. The van der Waals surface area contributed by atoms with Crippen LogP contribution in [-0.2, 0) is 4.79 Å². The number of benzene rings is 2. The van der Waals surface area contributed by atoms with E-state index in [9.17, 15) is 4.79 Å². The summed E-state index contributed by atoms with van der Waals surface area (Å²) < 4.78 is 0. The van der Waals surface area contributed by atoms with Crippen LogP contribution in [0.3, 0.4) is 0 Å². The van der Waals surface area contributed by atoms with E-state index >= 15 is 0 Å². The molecule has 0 unspecified atom stereocenters. The number of nitrogens with one attached hydrogen (secondary N) is 1. The highest BCUT2D eigenvalue weighted by atomic mass is 32.2. The highest BCUT2D eigenvalue weighted by molar-refractivity contribution is 8.18. The van der Waals surface area contributed by atoms with Crippen molar-refractivity contribution in [2.75, 3.05) is 11.9 Å². The number of hydrogen-bond donors (Lipinski definition) is 1. The summed E-state index contributed by atoms with van der Waals surface area (Å²) in [6, 6.07) is 12.4. The lowest BCUT2D eigenvalue weighted by Crippen LogP contribution is -2.42. The molecule has 2 aliphatic rings. The monoisotopic (exact) mass is 417 g/mol. The Morgan fingerprint density at radius 3 is 2.50 bits per heavy atom. The molecule has 30 heavy (non-hydrogen) atoms. The smallest absolute Gasteiger partial charge is 0.264 e. The van der Waals surface area contributed by atoms with Gasteiger partial charge in [0.1, 0.15) is 0 Å². The third-order valence-electron chi connectivity index (χ3n) is 5.81. The number of thioether (sulfide) groups is 1. The zero-order chi connectivity index (χ0) is 21.6. The minimum atomic E-state index is -0.103. The Kier molecular flexibility index (Phi) is 5.10. The first-order valence-electron chi connectivity index (χ1n) is 10.1. The fourth-order valence-electron chi connectivity index (χ4n) is 3.83. The first kappa shape index (κ1) is 20.5. The third-order valence-corrected chi connectivity index (χ3v) is 6.72. The normalized spacial score (nSPS) is 20.4. The van der Waals surface area contributed by atoms with Crippen molar-refractivity contribution < 1.29 is 4.79 Å². The van der Waals surface area contributed by atoms with Gasteiger partial charge in [-0.15, -0.1) is 0 Å². The SMILES string of the molecule is CC1=CC(C)(C)N(C)c2cc(C)c(/C=C3/SC(=Nc4ccc(C)cc4)NC3=O)cc21. The van der Waals surface area contributed by atoms with Crippen molar-refractivity contribution >= 4 is 45.9 Å². The van der Waals surface area contributed by atoms with Gasteiger partial charge in [-0.1, -0.05) is 23.8 Å². The molecule has 0 bridgehead atoms. The predicted octanol–water partition coefficient (Wildman–Crippen LogP) is 5.83. The second-order valence-electron chi connectivity index (χ2n) is 8.58. The molecule has 4 rings (SSSR count). The van der Waals surface area contributed by atoms with Gasteiger partial charge in [0, 0.05) is 18.3 Å². The van der Waals surface area contributed by atoms with Crippen molar-refractivity contribution in [1.29, 1.82) is 0 Å². The van der Waals surface area contributed by atoms with Gasteiger partial charge in [0.05, 0.1) is 16.1 Å². The standard InChI is InChI=1S/C25H27N3OS/c1-15-7-9-19(10-8-15)26-24-27-23(29)22(30-24)13-18-12-20-17(3)14-25(4,5)28(6)21(20)11-16(18)2/h7-14H,1-6H3,(H,26,27,29)/b22-13+. The van der Waals surface area contributed by atoms with Gasteiger partial charge in [0.15, 0.2) is 5.17 Å². The van der Waals surface area contributed by atoms with Crippen LogP contribution >= 0.6 is 11.8 Å². The number of anilines is 1. The highest BCUT2D eigenvalue weighted by Gasteiger charge is 2.29. The Morgan fingerprint density at radius 1 is 1.10 bits per heavy atom. The number of nitrogens with zero attached hydrogens (tertiary/aromatic N) is 2. The molecule has 2 aliphatic heterocycles. The summed E-state index contributed by atoms with van der Waals surface area (Å²) in [5, 5.41) is 3.50. The van der Waals surface area contributed by atoms with Gasteiger partial charge in [-0.3, -0.25) is 4.79 Å². The van der Waals surface area contributed by atoms with Crippen LogP contribution in [0.4, 0.5) is 11.4 Å². The molecule has 1 fully saturated rings. The lowest BCUT2D eigenvalue weighted by Gasteiger charge is -2.41. The zero-order valence-corrected chi connectivity index (χ0v) is 19.1. The number of aliphatic imine (C=N–C) groups is 1. The lowest BCUT2D eigenvalue weighted by molar-refractivity contribution is -0.115. The van der Waals surface area contributed by atoms with Gasteiger partial charge in [-0.05, 0) is 93.4 Å². The summed E-state index contributed by atoms with van der Waals surface area (Å²) in [4.78, 5) is 20.1. The topological polar surface area (TPSA) is 44.7 Å². The first-order valence-corrected chi connectivity index (χ1v) is 10.9. The van der Waals surface area contributed by atoms with Crippen LogP contribution in [0.2, 0.25) is 0 Å². The molecule has 1 amide bonds. The number of aryl methyl sites for hydroxylation is 2.